The van der Waals surface area contributed by atoms with Crippen molar-refractivity contribution < 1.29 is 21.9 Å². The van der Waals surface area contributed by atoms with Gasteiger partial charge in [0.1, 0.15) is 23.5 Å². The predicted octanol–water partition coefficient (Wildman–Crippen LogP) is 5.75. The van der Waals surface area contributed by atoms with E-state index in [9.17, 15) is 12.8 Å². The standard InChI is InChI=1S/C30H29F2N7O3S2/c1-17-5-6-22-23(7-8-25(32)27(22)39-44(40,41)16-21-15-43-18(2)36-21)28(17)42-29-24(4-3-10-34-29)26-9-11-35-30(38-26)37-20-12-19(31)13-33-14-20/h3-11,15,19-20,33,39H,12-14,16H2,1-2H3,(H,35,37,38)/t19-,20-/m1/s1. The quantitative estimate of drug-likeness (QED) is 0.185. The number of nitrogens with zero attached hydrogens (tertiary/aromatic N) is 4. The van der Waals surface area contributed by atoms with Crippen LogP contribution in [-0.4, -0.2) is 53.7 Å². The zero-order valence-electron chi connectivity index (χ0n) is 23.8. The highest BCUT2D eigenvalue weighted by Crippen LogP contribution is 2.40. The molecular formula is C30H29F2N7O3S2. The van der Waals surface area contributed by atoms with Gasteiger partial charge >= 0.3 is 0 Å². The summed E-state index contributed by atoms with van der Waals surface area (Å²) < 4.78 is 63.8. The van der Waals surface area contributed by atoms with E-state index in [0.29, 0.717) is 58.9 Å². The van der Waals surface area contributed by atoms with Crippen molar-refractivity contribution >= 4 is 43.8 Å². The van der Waals surface area contributed by atoms with E-state index in [0.717, 1.165) is 10.6 Å². The van der Waals surface area contributed by atoms with Gasteiger partial charge in [-0.2, -0.15) is 0 Å². The number of aromatic nitrogens is 4. The molecule has 6 rings (SSSR count). The number of rotatable bonds is 9. The fourth-order valence-electron chi connectivity index (χ4n) is 5.08. The smallest absolute Gasteiger partial charge is 0.238 e. The minimum absolute atomic E-state index is 0.158. The maximum absolute atomic E-state index is 15.1. The van der Waals surface area contributed by atoms with Crippen LogP contribution >= 0.6 is 11.3 Å². The SMILES string of the molecule is Cc1nc(CS(=O)(=O)Nc2c(F)ccc3c(Oc4ncccc4-c4ccnc(N[C@H]5CNC[C@H](F)C5)n4)c(C)ccc23)cs1. The summed E-state index contributed by atoms with van der Waals surface area (Å²) in [6.07, 6.45) is 2.58. The highest BCUT2D eigenvalue weighted by atomic mass is 32.2. The van der Waals surface area contributed by atoms with Gasteiger partial charge in [-0.15, -0.1) is 11.3 Å². The summed E-state index contributed by atoms with van der Waals surface area (Å²) in [5.41, 5.74) is 2.03. The van der Waals surface area contributed by atoms with E-state index in [1.807, 2.05) is 6.92 Å². The molecule has 1 aliphatic rings. The normalized spacial score (nSPS) is 17.0. The molecule has 228 valence electrons. The van der Waals surface area contributed by atoms with Crippen LogP contribution in [0.25, 0.3) is 22.0 Å². The zero-order valence-corrected chi connectivity index (χ0v) is 25.5. The molecule has 0 bridgehead atoms. The zero-order chi connectivity index (χ0) is 30.8. The molecule has 44 heavy (non-hydrogen) atoms. The number of aryl methyl sites for hydroxylation is 2. The topological polar surface area (TPSA) is 131 Å². The third-order valence-electron chi connectivity index (χ3n) is 7.09. The van der Waals surface area contributed by atoms with Crippen molar-refractivity contribution in [3.63, 3.8) is 0 Å². The molecule has 2 atom stereocenters. The molecule has 14 heteroatoms. The fourth-order valence-corrected chi connectivity index (χ4v) is 6.93. The van der Waals surface area contributed by atoms with Gasteiger partial charge < -0.3 is 15.4 Å². The van der Waals surface area contributed by atoms with E-state index in [2.05, 4.69) is 35.3 Å². The van der Waals surface area contributed by atoms with Crippen molar-refractivity contribution in [1.29, 1.82) is 0 Å². The summed E-state index contributed by atoms with van der Waals surface area (Å²) in [6, 6.07) is 11.2. The summed E-state index contributed by atoms with van der Waals surface area (Å²) in [7, 11) is -3.97. The minimum Gasteiger partial charge on any atom is -0.437 e. The Labute approximate surface area is 257 Å². The number of nitrogens with one attached hydrogen (secondary N) is 3. The van der Waals surface area contributed by atoms with Crippen LogP contribution in [0.5, 0.6) is 11.6 Å². The van der Waals surface area contributed by atoms with Gasteiger partial charge in [-0.25, -0.2) is 37.1 Å². The van der Waals surface area contributed by atoms with Crippen LogP contribution in [0.3, 0.4) is 0 Å². The molecule has 4 heterocycles. The Bertz CT molecular complexity index is 1940. The van der Waals surface area contributed by atoms with Gasteiger partial charge in [0.15, 0.2) is 0 Å². The van der Waals surface area contributed by atoms with Gasteiger partial charge in [0.25, 0.3) is 0 Å². The number of hydrogen-bond donors (Lipinski definition) is 3. The molecule has 0 spiro atoms. The summed E-state index contributed by atoms with van der Waals surface area (Å²) in [6.45, 7) is 4.54. The number of halogens is 2. The van der Waals surface area contributed by atoms with E-state index in [-0.39, 0.29) is 23.4 Å². The number of piperidine rings is 1. The lowest BCUT2D eigenvalue weighted by molar-refractivity contribution is 0.254. The van der Waals surface area contributed by atoms with Crippen LogP contribution in [0.4, 0.5) is 20.4 Å². The van der Waals surface area contributed by atoms with Crippen LogP contribution in [-0.2, 0) is 15.8 Å². The third kappa shape index (κ3) is 6.61. The molecular weight excluding hydrogens is 609 g/mol. The number of hydrogen-bond acceptors (Lipinski definition) is 10. The molecule has 1 aliphatic heterocycles. The number of anilines is 2. The average molecular weight is 638 g/mol. The van der Waals surface area contributed by atoms with Gasteiger partial charge in [-0.05, 0) is 49.7 Å². The van der Waals surface area contributed by atoms with Crippen molar-refractivity contribution in [3.05, 3.63) is 82.3 Å². The second-order valence-corrected chi connectivity index (χ2v) is 13.3. The maximum Gasteiger partial charge on any atom is 0.238 e. The first-order valence-electron chi connectivity index (χ1n) is 13.9. The Balaban J connectivity index is 1.32. The molecule has 5 aromatic rings. The molecule has 0 unspecified atom stereocenters. The summed E-state index contributed by atoms with van der Waals surface area (Å²) in [5.74, 6) is -0.146. The monoisotopic (exact) mass is 637 g/mol. The second kappa shape index (κ2) is 12.4. The average Bonchev–Trinajstić information content (AvgIpc) is 3.39. The number of sulfonamides is 1. The molecule has 0 radical (unpaired) electrons. The lowest BCUT2D eigenvalue weighted by atomic mass is 10.0. The molecule has 1 fully saturated rings. The lowest BCUT2D eigenvalue weighted by Crippen LogP contribution is -2.44. The molecule has 0 aliphatic carbocycles. The number of thiazole rings is 1. The van der Waals surface area contributed by atoms with Crippen molar-refractivity contribution in [3.8, 4) is 22.9 Å². The minimum atomic E-state index is -3.97. The van der Waals surface area contributed by atoms with Gasteiger partial charge in [0.2, 0.25) is 21.9 Å². The number of alkyl halides is 1. The first kappa shape index (κ1) is 29.8. The number of pyridine rings is 1. The van der Waals surface area contributed by atoms with Crippen molar-refractivity contribution in [2.24, 2.45) is 0 Å². The molecule has 1 saturated heterocycles. The van der Waals surface area contributed by atoms with Crippen LogP contribution in [0, 0.1) is 19.7 Å². The van der Waals surface area contributed by atoms with Crippen molar-refractivity contribution in [1.82, 2.24) is 25.3 Å². The molecule has 3 N–H and O–H groups in total. The molecule has 2 aromatic carbocycles. The highest BCUT2D eigenvalue weighted by Gasteiger charge is 2.23. The lowest BCUT2D eigenvalue weighted by Gasteiger charge is -2.26. The first-order valence-corrected chi connectivity index (χ1v) is 16.4. The van der Waals surface area contributed by atoms with E-state index in [4.69, 9.17) is 4.74 Å². The summed E-state index contributed by atoms with van der Waals surface area (Å²) in [4.78, 5) is 17.6. The predicted molar refractivity (Wildman–Crippen MR) is 167 cm³/mol. The summed E-state index contributed by atoms with van der Waals surface area (Å²) in [5, 5.41) is 9.45. The molecule has 10 nitrogen and oxygen atoms in total. The largest absolute Gasteiger partial charge is 0.437 e. The molecule has 0 amide bonds. The summed E-state index contributed by atoms with van der Waals surface area (Å²) >= 11 is 1.34. The van der Waals surface area contributed by atoms with E-state index in [1.54, 1.807) is 61.1 Å². The third-order valence-corrected chi connectivity index (χ3v) is 9.10. The Morgan fingerprint density at radius 2 is 1.89 bits per heavy atom. The number of fused-ring (bicyclic) bond motifs is 1. The Kier molecular flexibility index (Phi) is 8.38. The van der Waals surface area contributed by atoms with Crippen LogP contribution in [0.15, 0.2) is 60.2 Å². The number of benzene rings is 2. The number of ether oxygens (including phenoxy) is 1. The van der Waals surface area contributed by atoms with Gasteiger partial charge in [-0.3, -0.25) is 4.72 Å². The molecule has 3 aromatic heterocycles. The van der Waals surface area contributed by atoms with Crippen LogP contribution < -0.4 is 20.1 Å². The van der Waals surface area contributed by atoms with Crippen molar-refractivity contribution in [2.45, 2.75) is 38.2 Å². The fraction of sp³-hybridized carbons (Fsp3) is 0.267. The van der Waals surface area contributed by atoms with E-state index < -0.39 is 22.0 Å². The van der Waals surface area contributed by atoms with Crippen LogP contribution in [0.2, 0.25) is 0 Å². The highest BCUT2D eigenvalue weighted by molar-refractivity contribution is 7.91. The van der Waals surface area contributed by atoms with E-state index >= 15 is 4.39 Å². The van der Waals surface area contributed by atoms with Gasteiger partial charge in [-0.1, -0.05) is 12.1 Å². The van der Waals surface area contributed by atoms with Gasteiger partial charge in [0.05, 0.1) is 27.6 Å². The van der Waals surface area contributed by atoms with Crippen LogP contribution in [0.1, 0.15) is 22.7 Å². The molecule has 0 saturated carbocycles. The van der Waals surface area contributed by atoms with Crippen molar-refractivity contribution in [2.75, 3.05) is 23.1 Å². The second-order valence-electron chi connectivity index (χ2n) is 10.5. The van der Waals surface area contributed by atoms with E-state index in [1.165, 1.54) is 17.4 Å². The Morgan fingerprint density at radius 3 is 2.68 bits per heavy atom. The first-order chi connectivity index (χ1) is 21.1. The Morgan fingerprint density at radius 1 is 1.05 bits per heavy atom. The van der Waals surface area contributed by atoms with Gasteiger partial charge in [0, 0.05) is 54.1 Å². The maximum atomic E-state index is 15.1. The Hall–Kier alpha value is -4.27.